The number of amides is 2. The Morgan fingerprint density at radius 3 is 2.28 bits per heavy atom. The highest BCUT2D eigenvalue weighted by molar-refractivity contribution is 5.92. The van der Waals surface area contributed by atoms with Gasteiger partial charge in [-0.05, 0) is 23.6 Å². The molecule has 1 atom stereocenters. The zero-order valence-electron chi connectivity index (χ0n) is 15.1. The van der Waals surface area contributed by atoms with E-state index < -0.39 is 0 Å². The first-order valence-corrected chi connectivity index (χ1v) is 8.39. The monoisotopic (exact) mass is 340 g/mol. The summed E-state index contributed by atoms with van der Waals surface area (Å²) < 4.78 is 0. The van der Waals surface area contributed by atoms with Crippen LogP contribution in [0.1, 0.15) is 11.1 Å². The first-order valence-electron chi connectivity index (χ1n) is 8.39. The molecular weight excluding hydrogens is 314 g/mol. The van der Waals surface area contributed by atoms with Crippen molar-refractivity contribution < 1.29 is 14.5 Å². The molecular formula is C20H26N3O2+. The van der Waals surface area contributed by atoms with Crippen LogP contribution < -0.4 is 10.2 Å². The number of rotatable bonds is 7. The molecule has 2 N–H and O–H groups in total. The number of quaternary nitrogens is 1. The third kappa shape index (κ3) is 6.04. The maximum absolute atomic E-state index is 12.3. The first kappa shape index (κ1) is 18.7. The van der Waals surface area contributed by atoms with Gasteiger partial charge in [-0.1, -0.05) is 48.5 Å². The molecule has 0 fully saturated rings. The van der Waals surface area contributed by atoms with E-state index in [0.717, 1.165) is 22.6 Å². The molecule has 2 amide bonds. The van der Waals surface area contributed by atoms with Gasteiger partial charge in [0.15, 0.2) is 13.1 Å². The Morgan fingerprint density at radius 2 is 1.60 bits per heavy atom. The van der Waals surface area contributed by atoms with Crippen molar-refractivity contribution in [3.05, 3.63) is 65.7 Å². The lowest BCUT2D eigenvalue weighted by atomic mass is 10.0. The van der Waals surface area contributed by atoms with Gasteiger partial charge < -0.3 is 15.1 Å². The number of carbonyl (C=O) groups excluding carboxylic acids is 2. The quantitative estimate of drug-likeness (QED) is 0.784. The summed E-state index contributed by atoms with van der Waals surface area (Å²) in [4.78, 5) is 26.4. The number of para-hydroxylation sites is 1. The van der Waals surface area contributed by atoms with Crippen molar-refractivity contribution in [2.24, 2.45) is 0 Å². The van der Waals surface area contributed by atoms with Crippen LogP contribution in [-0.4, -0.2) is 50.9 Å². The van der Waals surface area contributed by atoms with Crippen molar-refractivity contribution in [3.8, 4) is 0 Å². The van der Waals surface area contributed by atoms with E-state index in [1.807, 2.05) is 49.5 Å². The summed E-state index contributed by atoms with van der Waals surface area (Å²) in [5, 5.41) is 2.98. The fourth-order valence-corrected chi connectivity index (χ4v) is 2.56. The van der Waals surface area contributed by atoms with Gasteiger partial charge in [0.05, 0.1) is 7.05 Å². The van der Waals surface area contributed by atoms with Crippen LogP contribution in [0.15, 0.2) is 54.6 Å². The SMILES string of the molecule is CN(C)C(=O)C[NH+](C)CC(=O)Nc1ccccc1Cc1ccccc1. The number of anilines is 1. The predicted octanol–water partition coefficient (Wildman–Crippen LogP) is 0.819. The van der Waals surface area contributed by atoms with Gasteiger partial charge in [-0.15, -0.1) is 0 Å². The minimum atomic E-state index is -0.0930. The van der Waals surface area contributed by atoms with Gasteiger partial charge in [0.2, 0.25) is 0 Å². The first-order chi connectivity index (χ1) is 12.0. The molecule has 0 saturated heterocycles. The van der Waals surface area contributed by atoms with Crippen LogP contribution in [-0.2, 0) is 16.0 Å². The highest BCUT2D eigenvalue weighted by Crippen LogP contribution is 2.18. The topological polar surface area (TPSA) is 53.9 Å². The van der Waals surface area contributed by atoms with Crippen LogP contribution in [0.4, 0.5) is 5.69 Å². The Kier molecular flexibility index (Phi) is 6.71. The molecule has 2 aromatic rings. The van der Waals surface area contributed by atoms with Crippen molar-refractivity contribution in [3.63, 3.8) is 0 Å². The molecule has 5 nitrogen and oxygen atoms in total. The van der Waals surface area contributed by atoms with Crippen LogP contribution in [0.2, 0.25) is 0 Å². The summed E-state index contributed by atoms with van der Waals surface area (Å²) in [6.45, 7) is 0.547. The molecule has 1 unspecified atom stereocenters. The summed E-state index contributed by atoms with van der Waals surface area (Å²) in [5.74, 6) is -0.0839. The number of nitrogens with zero attached hydrogens (tertiary/aromatic N) is 1. The Balaban J connectivity index is 1.98. The fourth-order valence-electron chi connectivity index (χ4n) is 2.56. The lowest BCUT2D eigenvalue weighted by Crippen LogP contribution is -3.11. The molecule has 0 bridgehead atoms. The number of likely N-dealkylation sites (N-methyl/N-ethyl adjacent to an activating group) is 2. The van der Waals surface area contributed by atoms with E-state index in [2.05, 4.69) is 17.4 Å². The Labute approximate surface area is 149 Å². The van der Waals surface area contributed by atoms with E-state index in [4.69, 9.17) is 0 Å². The maximum atomic E-state index is 12.3. The van der Waals surface area contributed by atoms with E-state index in [0.29, 0.717) is 6.54 Å². The zero-order valence-corrected chi connectivity index (χ0v) is 15.1. The zero-order chi connectivity index (χ0) is 18.2. The van der Waals surface area contributed by atoms with Crippen LogP contribution >= 0.6 is 0 Å². The van der Waals surface area contributed by atoms with Crippen molar-refractivity contribution >= 4 is 17.5 Å². The number of hydrogen-bond acceptors (Lipinski definition) is 2. The van der Waals surface area contributed by atoms with E-state index >= 15 is 0 Å². The van der Waals surface area contributed by atoms with E-state index in [9.17, 15) is 9.59 Å². The summed E-state index contributed by atoms with van der Waals surface area (Å²) in [5.41, 5.74) is 3.09. The van der Waals surface area contributed by atoms with E-state index in [1.165, 1.54) is 10.5 Å². The highest BCUT2D eigenvalue weighted by atomic mass is 16.2. The number of carbonyl (C=O) groups is 2. The number of nitrogens with one attached hydrogen (secondary N) is 2. The van der Waals surface area contributed by atoms with Crippen LogP contribution in [0.3, 0.4) is 0 Å². The lowest BCUT2D eigenvalue weighted by molar-refractivity contribution is -0.862. The second kappa shape index (κ2) is 8.99. The molecule has 0 heterocycles. The standard InChI is InChI=1S/C20H25N3O2/c1-22(2)20(25)15-23(3)14-19(24)21-18-12-8-7-11-17(18)13-16-9-5-4-6-10-16/h4-12H,13-15H2,1-3H3,(H,21,24)/p+1. The molecule has 0 aliphatic rings. The molecule has 0 aromatic heterocycles. The molecule has 0 spiro atoms. The van der Waals surface area contributed by atoms with Crippen LogP contribution in [0.25, 0.3) is 0 Å². The molecule has 132 valence electrons. The highest BCUT2D eigenvalue weighted by Gasteiger charge is 2.16. The number of benzene rings is 2. The molecule has 0 saturated carbocycles. The van der Waals surface area contributed by atoms with Gasteiger partial charge >= 0.3 is 0 Å². The minimum absolute atomic E-state index is 0.00905. The fraction of sp³-hybridized carbons (Fsp3) is 0.300. The van der Waals surface area contributed by atoms with Gasteiger partial charge in [-0.3, -0.25) is 9.59 Å². The normalized spacial score (nSPS) is 11.6. The molecule has 0 aliphatic heterocycles. The van der Waals surface area contributed by atoms with Gasteiger partial charge in [0.25, 0.3) is 11.8 Å². The molecule has 2 rings (SSSR count). The van der Waals surface area contributed by atoms with Crippen molar-refractivity contribution in [1.29, 1.82) is 0 Å². The van der Waals surface area contributed by atoms with Gasteiger partial charge in [-0.2, -0.15) is 0 Å². The summed E-state index contributed by atoms with van der Waals surface area (Å²) in [6.07, 6.45) is 0.763. The van der Waals surface area contributed by atoms with E-state index in [1.54, 1.807) is 14.1 Å². The van der Waals surface area contributed by atoms with Crippen molar-refractivity contribution in [1.82, 2.24) is 4.90 Å². The van der Waals surface area contributed by atoms with Crippen LogP contribution in [0, 0.1) is 0 Å². The number of hydrogen-bond donors (Lipinski definition) is 2. The maximum Gasteiger partial charge on any atom is 0.279 e. The van der Waals surface area contributed by atoms with Gasteiger partial charge in [0.1, 0.15) is 0 Å². The van der Waals surface area contributed by atoms with Crippen LogP contribution in [0.5, 0.6) is 0 Å². The van der Waals surface area contributed by atoms with E-state index in [-0.39, 0.29) is 18.4 Å². The molecule has 0 aliphatic carbocycles. The smallest absolute Gasteiger partial charge is 0.279 e. The van der Waals surface area contributed by atoms with Crippen molar-refractivity contribution in [2.45, 2.75) is 6.42 Å². The second-order valence-corrected chi connectivity index (χ2v) is 6.47. The third-order valence-electron chi connectivity index (χ3n) is 3.94. The summed E-state index contributed by atoms with van der Waals surface area (Å²) in [6, 6.07) is 18.0. The van der Waals surface area contributed by atoms with Crippen molar-refractivity contribution in [2.75, 3.05) is 39.5 Å². The Morgan fingerprint density at radius 1 is 0.960 bits per heavy atom. The lowest BCUT2D eigenvalue weighted by Gasteiger charge is -2.17. The molecule has 5 heteroatoms. The largest absolute Gasteiger partial charge is 0.344 e. The second-order valence-electron chi connectivity index (χ2n) is 6.47. The minimum Gasteiger partial charge on any atom is -0.344 e. The molecule has 2 aromatic carbocycles. The Bertz CT molecular complexity index is 714. The predicted molar refractivity (Wildman–Crippen MR) is 99.6 cm³/mol. The Hall–Kier alpha value is -2.66. The third-order valence-corrected chi connectivity index (χ3v) is 3.94. The molecule has 25 heavy (non-hydrogen) atoms. The average Bonchev–Trinajstić information content (AvgIpc) is 2.57. The van der Waals surface area contributed by atoms with Gasteiger partial charge in [0, 0.05) is 19.8 Å². The molecule has 0 radical (unpaired) electrons. The average molecular weight is 340 g/mol. The summed E-state index contributed by atoms with van der Waals surface area (Å²) in [7, 11) is 5.28. The summed E-state index contributed by atoms with van der Waals surface area (Å²) >= 11 is 0. The van der Waals surface area contributed by atoms with Gasteiger partial charge in [-0.25, -0.2) is 0 Å².